The van der Waals surface area contributed by atoms with Gasteiger partial charge >= 0.3 is 6.03 Å². The quantitative estimate of drug-likeness (QED) is 0.839. The summed E-state index contributed by atoms with van der Waals surface area (Å²) in [5, 5.41) is 3.89. The molecule has 0 saturated carbocycles. The number of carbonyl (C=O) groups is 1. The Balaban J connectivity index is 1.53. The monoisotopic (exact) mass is 375 g/mol. The average Bonchev–Trinajstić information content (AvgIpc) is 3.16. The topological polar surface area (TPSA) is 63.7 Å². The maximum Gasteiger partial charge on any atom is 0.317 e. The van der Waals surface area contributed by atoms with Crippen LogP contribution in [0.2, 0.25) is 0 Å². The van der Waals surface area contributed by atoms with Crippen LogP contribution in [-0.4, -0.2) is 48.8 Å². The summed E-state index contributed by atoms with van der Waals surface area (Å²) < 4.78 is 11.0. The van der Waals surface area contributed by atoms with E-state index < -0.39 is 0 Å². The summed E-state index contributed by atoms with van der Waals surface area (Å²) >= 11 is 1.57. The van der Waals surface area contributed by atoms with E-state index in [1.807, 2.05) is 42.3 Å². The average molecular weight is 375 g/mol. The third-order valence-electron chi connectivity index (χ3n) is 4.44. The molecule has 1 aromatic carbocycles. The molecular weight excluding hydrogens is 350 g/mol. The highest BCUT2D eigenvalue weighted by Gasteiger charge is 2.22. The van der Waals surface area contributed by atoms with E-state index in [9.17, 15) is 4.79 Å². The molecule has 1 saturated heterocycles. The molecule has 0 aliphatic carbocycles. The number of rotatable bonds is 6. The van der Waals surface area contributed by atoms with Crippen LogP contribution < -0.4 is 10.1 Å². The highest BCUT2D eigenvalue weighted by atomic mass is 32.1. The van der Waals surface area contributed by atoms with Gasteiger partial charge in [-0.1, -0.05) is 12.1 Å². The fourth-order valence-electron chi connectivity index (χ4n) is 3.07. The maximum absolute atomic E-state index is 12.4. The number of carbonyl (C=O) groups excluding carboxylic acids is 1. The summed E-state index contributed by atoms with van der Waals surface area (Å²) in [5.74, 6) is 0.801. The molecule has 7 heteroatoms. The van der Waals surface area contributed by atoms with Crippen molar-refractivity contribution in [3.63, 3.8) is 0 Å². The second kappa shape index (κ2) is 9.00. The Morgan fingerprint density at radius 3 is 2.85 bits per heavy atom. The van der Waals surface area contributed by atoms with Gasteiger partial charge in [0.1, 0.15) is 10.8 Å². The largest absolute Gasteiger partial charge is 0.496 e. The van der Waals surface area contributed by atoms with Crippen LogP contribution in [0.3, 0.4) is 0 Å². The zero-order valence-corrected chi connectivity index (χ0v) is 16.1. The molecule has 3 rings (SSSR count). The lowest BCUT2D eigenvalue weighted by molar-refractivity contribution is 0.0220. The van der Waals surface area contributed by atoms with Crippen LogP contribution in [0.15, 0.2) is 30.5 Å². The van der Waals surface area contributed by atoms with Gasteiger partial charge in [0.2, 0.25) is 0 Å². The standard InChI is InChI=1S/C19H25N3O3S/c1-3-25-14-8-10-22(11-9-14)19(23)21-13-15-12-20-18(26-15)16-6-4-5-7-17(16)24-2/h4-7,12,14H,3,8-11,13H2,1-2H3,(H,21,23). The van der Waals surface area contributed by atoms with Crippen molar-refractivity contribution in [3.05, 3.63) is 35.3 Å². The number of piperidine rings is 1. The third kappa shape index (κ3) is 4.53. The minimum Gasteiger partial charge on any atom is -0.496 e. The van der Waals surface area contributed by atoms with Gasteiger partial charge in [0.25, 0.3) is 0 Å². The van der Waals surface area contributed by atoms with E-state index in [4.69, 9.17) is 9.47 Å². The molecule has 6 nitrogen and oxygen atoms in total. The maximum atomic E-state index is 12.4. The van der Waals surface area contributed by atoms with Crippen LogP contribution in [-0.2, 0) is 11.3 Å². The van der Waals surface area contributed by atoms with E-state index in [0.717, 1.165) is 53.7 Å². The van der Waals surface area contributed by atoms with Gasteiger partial charge in [-0.25, -0.2) is 9.78 Å². The van der Waals surface area contributed by atoms with Crippen LogP contribution in [0.5, 0.6) is 5.75 Å². The fraction of sp³-hybridized carbons (Fsp3) is 0.474. The van der Waals surface area contributed by atoms with Crippen LogP contribution >= 0.6 is 11.3 Å². The number of amides is 2. The van der Waals surface area contributed by atoms with Crippen LogP contribution in [0, 0.1) is 0 Å². The lowest BCUT2D eigenvalue weighted by Crippen LogP contribution is -2.45. The number of nitrogens with zero attached hydrogens (tertiary/aromatic N) is 2. The summed E-state index contributed by atoms with van der Waals surface area (Å²) in [4.78, 5) is 19.7. The third-order valence-corrected chi connectivity index (χ3v) is 5.47. The molecule has 2 aromatic rings. The number of aromatic nitrogens is 1. The summed E-state index contributed by atoms with van der Waals surface area (Å²) in [6, 6.07) is 7.79. The van der Waals surface area contributed by atoms with Crippen molar-refractivity contribution in [3.8, 4) is 16.3 Å². The molecule has 0 radical (unpaired) electrons. The van der Waals surface area contributed by atoms with Crippen LogP contribution in [0.25, 0.3) is 10.6 Å². The highest BCUT2D eigenvalue weighted by Crippen LogP contribution is 2.32. The van der Waals surface area contributed by atoms with Crippen LogP contribution in [0.4, 0.5) is 4.79 Å². The van der Waals surface area contributed by atoms with Crippen molar-refractivity contribution in [1.29, 1.82) is 0 Å². The molecule has 2 amide bonds. The number of hydrogen-bond acceptors (Lipinski definition) is 5. The molecule has 26 heavy (non-hydrogen) atoms. The number of hydrogen-bond donors (Lipinski definition) is 1. The number of benzene rings is 1. The number of thiazole rings is 1. The van der Waals surface area contributed by atoms with Crippen molar-refractivity contribution in [2.75, 3.05) is 26.8 Å². The van der Waals surface area contributed by atoms with Crippen molar-refractivity contribution in [2.45, 2.75) is 32.4 Å². The van der Waals surface area contributed by atoms with E-state index in [-0.39, 0.29) is 12.1 Å². The second-order valence-corrected chi connectivity index (χ2v) is 7.25. The van der Waals surface area contributed by atoms with Crippen molar-refractivity contribution in [1.82, 2.24) is 15.2 Å². The van der Waals surface area contributed by atoms with Gasteiger partial charge in [0, 0.05) is 30.8 Å². The van der Waals surface area contributed by atoms with Gasteiger partial charge in [-0.3, -0.25) is 0 Å². The minimum atomic E-state index is -0.0211. The predicted molar refractivity (Wildman–Crippen MR) is 103 cm³/mol. The van der Waals surface area contributed by atoms with E-state index in [1.54, 1.807) is 18.4 Å². The van der Waals surface area contributed by atoms with Gasteiger partial charge in [-0.05, 0) is 31.9 Å². The Kier molecular flexibility index (Phi) is 6.46. The summed E-state index contributed by atoms with van der Waals surface area (Å²) in [7, 11) is 1.66. The van der Waals surface area contributed by atoms with E-state index in [2.05, 4.69) is 10.3 Å². The first-order valence-electron chi connectivity index (χ1n) is 8.93. The molecule has 1 aliphatic heterocycles. The minimum absolute atomic E-state index is 0.0211. The van der Waals surface area contributed by atoms with Gasteiger partial charge in [-0.15, -0.1) is 11.3 Å². The number of likely N-dealkylation sites (tertiary alicyclic amines) is 1. The fourth-order valence-corrected chi connectivity index (χ4v) is 3.95. The summed E-state index contributed by atoms with van der Waals surface area (Å²) in [5.41, 5.74) is 0.968. The molecule has 0 bridgehead atoms. The molecule has 2 heterocycles. The molecule has 0 atom stereocenters. The zero-order chi connectivity index (χ0) is 18.4. The first-order valence-corrected chi connectivity index (χ1v) is 9.75. The second-order valence-electron chi connectivity index (χ2n) is 6.13. The van der Waals surface area contributed by atoms with Gasteiger partial charge in [0.05, 0.1) is 25.3 Å². The number of ether oxygens (including phenoxy) is 2. The molecule has 1 aliphatic rings. The first kappa shape index (κ1) is 18.7. The molecule has 1 N–H and O–H groups in total. The van der Waals surface area contributed by atoms with Crippen molar-refractivity contribution >= 4 is 17.4 Å². The van der Waals surface area contributed by atoms with E-state index in [0.29, 0.717) is 6.54 Å². The molecular formula is C19H25N3O3S. The SMILES string of the molecule is CCOC1CCN(C(=O)NCc2cnc(-c3ccccc3OC)s2)CC1. The van der Waals surface area contributed by atoms with E-state index in [1.165, 1.54) is 0 Å². The van der Waals surface area contributed by atoms with Crippen molar-refractivity contribution < 1.29 is 14.3 Å². The zero-order valence-electron chi connectivity index (χ0n) is 15.2. The molecule has 0 spiro atoms. The Hall–Kier alpha value is -2.12. The Morgan fingerprint density at radius 1 is 1.35 bits per heavy atom. The van der Waals surface area contributed by atoms with Gasteiger partial charge < -0.3 is 19.7 Å². The normalized spacial score (nSPS) is 15.1. The van der Waals surface area contributed by atoms with E-state index >= 15 is 0 Å². The smallest absolute Gasteiger partial charge is 0.317 e. The molecule has 0 unspecified atom stereocenters. The van der Waals surface area contributed by atoms with Crippen LogP contribution in [0.1, 0.15) is 24.6 Å². The Bertz CT molecular complexity index is 726. The van der Waals surface area contributed by atoms with Crippen molar-refractivity contribution in [2.24, 2.45) is 0 Å². The number of urea groups is 1. The number of nitrogens with one attached hydrogen (secondary N) is 1. The molecule has 1 aromatic heterocycles. The molecule has 1 fully saturated rings. The molecule has 140 valence electrons. The number of para-hydroxylation sites is 1. The highest BCUT2D eigenvalue weighted by molar-refractivity contribution is 7.15. The van der Waals surface area contributed by atoms with Gasteiger partial charge in [0.15, 0.2) is 0 Å². The Morgan fingerprint density at radius 2 is 2.12 bits per heavy atom. The first-order chi connectivity index (χ1) is 12.7. The lowest BCUT2D eigenvalue weighted by Gasteiger charge is -2.31. The predicted octanol–water partition coefficient (Wildman–Crippen LogP) is 3.53. The number of methoxy groups -OCH3 is 1. The summed E-state index contributed by atoms with van der Waals surface area (Å²) in [6.45, 7) is 4.71. The van der Waals surface area contributed by atoms with Gasteiger partial charge in [-0.2, -0.15) is 0 Å². The Labute approximate surface area is 158 Å². The summed E-state index contributed by atoms with van der Waals surface area (Å²) in [6.07, 6.45) is 3.90. The lowest BCUT2D eigenvalue weighted by atomic mass is 10.1.